The monoisotopic (exact) mass is 311 g/mol. The van der Waals surface area contributed by atoms with E-state index in [0.717, 1.165) is 37.2 Å². The number of likely N-dealkylation sites (N-methyl/N-ethyl adjacent to an activating group) is 1. The Morgan fingerprint density at radius 2 is 2.29 bits per heavy atom. The van der Waals surface area contributed by atoms with Crippen molar-refractivity contribution in [3.63, 3.8) is 0 Å². The van der Waals surface area contributed by atoms with E-state index in [1.165, 1.54) is 12.1 Å². The molecule has 1 atom stereocenters. The van der Waals surface area contributed by atoms with E-state index in [9.17, 15) is 4.39 Å². The first-order valence-electron chi connectivity index (χ1n) is 7.17. The highest BCUT2D eigenvalue weighted by Gasteiger charge is 2.21. The van der Waals surface area contributed by atoms with Crippen LogP contribution in [0.1, 0.15) is 24.4 Å². The summed E-state index contributed by atoms with van der Waals surface area (Å²) in [4.78, 5) is 2.08. The molecule has 0 saturated carbocycles. The minimum atomic E-state index is -0.252. The predicted octanol–water partition coefficient (Wildman–Crippen LogP) is 2.07. The lowest BCUT2D eigenvalue weighted by Crippen LogP contribution is -2.40. The Labute approximate surface area is 130 Å². The number of nitrogens with one attached hydrogen (secondary N) is 2. The zero-order valence-electron chi connectivity index (χ0n) is 12.5. The quantitative estimate of drug-likeness (QED) is 0.833. The maximum atomic E-state index is 13.5. The van der Waals surface area contributed by atoms with E-state index in [-0.39, 0.29) is 11.9 Å². The highest BCUT2D eigenvalue weighted by Crippen LogP contribution is 2.31. The largest absolute Gasteiger partial charge is 0.493 e. The second kappa shape index (κ2) is 7.56. The molecule has 2 N–H and O–H groups in total. The molecule has 116 valence electrons. The average Bonchev–Trinajstić information content (AvgIpc) is 2.61. The minimum Gasteiger partial charge on any atom is -0.493 e. The van der Waals surface area contributed by atoms with Gasteiger partial charge in [-0.05, 0) is 57.4 Å². The van der Waals surface area contributed by atoms with Crippen molar-refractivity contribution < 1.29 is 9.13 Å². The normalized spacial score (nSPS) is 17.6. The Morgan fingerprint density at radius 1 is 1.48 bits per heavy atom. The molecule has 0 saturated heterocycles. The third kappa shape index (κ3) is 4.82. The summed E-state index contributed by atoms with van der Waals surface area (Å²) in [5.74, 6) is 0.486. The molecule has 4 nitrogen and oxygen atoms in total. The van der Waals surface area contributed by atoms with E-state index in [2.05, 4.69) is 15.5 Å². The van der Waals surface area contributed by atoms with Crippen LogP contribution in [0.15, 0.2) is 18.2 Å². The number of rotatable bonds is 4. The van der Waals surface area contributed by atoms with Crippen LogP contribution in [0.4, 0.5) is 4.39 Å². The summed E-state index contributed by atoms with van der Waals surface area (Å²) in [5.41, 5.74) is 0.837. The third-order valence-electron chi connectivity index (χ3n) is 3.39. The molecular formula is C15H22FN3OS. The lowest BCUT2D eigenvalue weighted by Gasteiger charge is -2.21. The molecule has 1 aromatic carbocycles. The molecule has 0 spiro atoms. The summed E-state index contributed by atoms with van der Waals surface area (Å²) in [5, 5.41) is 7.04. The summed E-state index contributed by atoms with van der Waals surface area (Å²) in [6, 6.07) is 4.63. The van der Waals surface area contributed by atoms with E-state index >= 15 is 0 Å². The third-order valence-corrected chi connectivity index (χ3v) is 3.65. The number of thiocarbonyl (C=S) groups is 1. The molecule has 0 radical (unpaired) electrons. The van der Waals surface area contributed by atoms with Crippen LogP contribution >= 0.6 is 12.2 Å². The second-order valence-electron chi connectivity index (χ2n) is 5.43. The smallest absolute Gasteiger partial charge is 0.166 e. The van der Waals surface area contributed by atoms with Gasteiger partial charge in [0.25, 0.3) is 0 Å². The number of ether oxygens (including phenoxy) is 1. The first kappa shape index (κ1) is 16.0. The molecule has 0 aromatic heterocycles. The van der Waals surface area contributed by atoms with Gasteiger partial charge in [-0.25, -0.2) is 4.39 Å². The van der Waals surface area contributed by atoms with Crippen molar-refractivity contribution in [2.75, 3.05) is 33.8 Å². The molecule has 1 aliphatic heterocycles. The second-order valence-corrected chi connectivity index (χ2v) is 5.84. The molecule has 1 aromatic rings. The van der Waals surface area contributed by atoms with Gasteiger partial charge in [0, 0.05) is 18.7 Å². The molecule has 0 fully saturated rings. The van der Waals surface area contributed by atoms with Gasteiger partial charge in [-0.15, -0.1) is 0 Å². The predicted molar refractivity (Wildman–Crippen MR) is 86.2 cm³/mol. The molecule has 0 bridgehead atoms. The topological polar surface area (TPSA) is 36.5 Å². The molecule has 21 heavy (non-hydrogen) atoms. The van der Waals surface area contributed by atoms with Gasteiger partial charge in [-0.1, -0.05) is 0 Å². The molecular weight excluding hydrogens is 289 g/mol. The maximum absolute atomic E-state index is 13.5. The van der Waals surface area contributed by atoms with Crippen molar-refractivity contribution >= 4 is 17.3 Å². The Bertz CT molecular complexity index is 496. The summed E-state index contributed by atoms with van der Waals surface area (Å²) in [6.45, 7) is 2.33. The molecule has 2 rings (SSSR count). The maximum Gasteiger partial charge on any atom is 0.166 e. The van der Waals surface area contributed by atoms with Crippen molar-refractivity contribution in [2.24, 2.45) is 0 Å². The van der Waals surface area contributed by atoms with Gasteiger partial charge in [0.15, 0.2) is 5.11 Å². The van der Waals surface area contributed by atoms with Crippen LogP contribution < -0.4 is 15.4 Å². The van der Waals surface area contributed by atoms with Crippen LogP contribution in [-0.2, 0) is 0 Å². The highest BCUT2D eigenvalue weighted by atomic mass is 32.1. The van der Waals surface area contributed by atoms with E-state index in [1.807, 2.05) is 14.1 Å². The first-order valence-corrected chi connectivity index (χ1v) is 7.58. The zero-order valence-corrected chi connectivity index (χ0v) is 13.3. The SMILES string of the molecule is CN(C)CCNC(=S)N[C@H]1CCCOc2ccc(F)cc21. The van der Waals surface area contributed by atoms with E-state index < -0.39 is 0 Å². The highest BCUT2D eigenvalue weighted by molar-refractivity contribution is 7.80. The Hall–Kier alpha value is -1.40. The molecule has 1 heterocycles. The standard InChI is InChI=1S/C15H22FN3OS/c1-19(2)8-7-17-15(21)18-13-4-3-9-20-14-6-5-11(16)10-12(13)14/h5-6,10,13H,3-4,7-9H2,1-2H3,(H2,17,18,21)/t13-/m0/s1. The molecule has 0 aliphatic carbocycles. The number of halogens is 1. The molecule has 1 aliphatic rings. The summed E-state index contributed by atoms with van der Waals surface area (Å²) >= 11 is 5.32. The Kier molecular flexibility index (Phi) is 5.76. The van der Waals surface area contributed by atoms with Crippen LogP contribution in [0.2, 0.25) is 0 Å². The molecule has 0 unspecified atom stereocenters. The fourth-order valence-corrected chi connectivity index (χ4v) is 2.54. The van der Waals surface area contributed by atoms with Crippen LogP contribution in [0.25, 0.3) is 0 Å². The number of nitrogens with zero attached hydrogens (tertiary/aromatic N) is 1. The van der Waals surface area contributed by atoms with E-state index in [4.69, 9.17) is 17.0 Å². The van der Waals surface area contributed by atoms with Gasteiger partial charge in [0.2, 0.25) is 0 Å². The summed E-state index contributed by atoms with van der Waals surface area (Å²) in [6.07, 6.45) is 1.78. The zero-order chi connectivity index (χ0) is 15.2. The first-order chi connectivity index (χ1) is 10.1. The number of hydrogen-bond donors (Lipinski definition) is 2. The Morgan fingerprint density at radius 3 is 3.05 bits per heavy atom. The number of benzene rings is 1. The Balaban J connectivity index is 1.99. The van der Waals surface area contributed by atoms with Gasteiger partial charge in [-0.3, -0.25) is 0 Å². The van der Waals surface area contributed by atoms with Crippen LogP contribution in [0, 0.1) is 5.82 Å². The number of fused-ring (bicyclic) bond motifs is 1. The van der Waals surface area contributed by atoms with Crippen molar-refractivity contribution in [2.45, 2.75) is 18.9 Å². The van der Waals surface area contributed by atoms with Gasteiger partial charge in [0.05, 0.1) is 12.6 Å². The molecule has 6 heteroatoms. The van der Waals surface area contributed by atoms with E-state index in [1.54, 1.807) is 6.07 Å². The van der Waals surface area contributed by atoms with Crippen LogP contribution in [-0.4, -0.2) is 43.8 Å². The van der Waals surface area contributed by atoms with Crippen molar-refractivity contribution in [1.82, 2.24) is 15.5 Å². The molecule has 0 amide bonds. The minimum absolute atomic E-state index is 0.0162. The summed E-state index contributed by atoms with van der Waals surface area (Å²) in [7, 11) is 4.03. The van der Waals surface area contributed by atoms with Crippen LogP contribution in [0.5, 0.6) is 5.75 Å². The van der Waals surface area contributed by atoms with E-state index in [0.29, 0.717) is 11.7 Å². The fourth-order valence-electron chi connectivity index (χ4n) is 2.30. The lowest BCUT2D eigenvalue weighted by atomic mass is 10.0. The van der Waals surface area contributed by atoms with Crippen LogP contribution in [0.3, 0.4) is 0 Å². The van der Waals surface area contributed by atoms with Gasteiger partial charge in [-0.2, -0.15) is 0 Å². The van der Waals surface area contributed by atoms with Crippen molar-refractivity contribution in [3.05, 3.63) is 29.6 Å². The van der Waals surface area contributed by atoms with Gasteiger partial charge < -0.3 is 20.3 Å². The fraction of sp³-hybridized carbons (Fsp3) is 0.533. The van der Waals surface area contributed by atoms with Crippen molar-refractivity contribution in [1.29, 1.82) is 0 Å². The average molecular weight is 311 g/mol. The van der Waals surface area contributed by atoms with Crippen molar-refractivity contribution in [3.8, 4) is 5.75 Å². The number of hydrogen-bond acceptors (Lipinski definition) is 3. The van der Waals surface area contributed by atoms with Gasteiger partial charge in [0.1, 0.15) is 11.6 Å². The lowest BCUT2D eigenvalue weighted by molar-refractivity contribution is 0.315. The summed E-state index contributed by atoms with van der Waals surface area (Å²) < 4.78 is 19.1. The van der Waals surface area contributed by atoms with Gasteiger partial charge >= 0.3 is 0 Å².